The lowest BCUT2D eigenvalue weighted by molar-refractivity contribution is -0.120. The van der Waals surface area contributed by atoms with E-state index in [2.05, 4.69) is 5.32 Å². The molecule has 136 valence electrons. The Morgan fingerprint density at radius 1 is 1.04 bits per heavy atom. The molecule has 1 aliphatic heterocycles. The number of fused-ring (bicyclic) bond motifs is 1. The van der Waals surface area contributed by atoms with Gasteiger partial charge in [-0.15, -0.1) is 0 Å². The predicted molar refractivity (Wildman–Crippen MR) is 101 cm³/mol. The zero-order chi connectivity index (χ0) is 18.7. The molecule has 0 aliphatic carbocycles. The number of nitrogens with zero attached hydrogens (tertiary/aromatic N) is 1. The molecule has 8 heteroatoms. The van der Waals surface area contributed by atoms with Gasteiger partial charge in [0.15, 0.2) is 11.5 Å². The number of rotatable bonds is 4. The largest absolute Gasteiger partial charge is 0.486 e. The highest BCUT2D eigenvalue weighted by Gasteiger charge is 2.19. The maximum atomic E-state index is 12.3. The summed E-state index contributed by atoms with van der Waals surface area (Å²) in [5.74, 6) is 0.521. The molecule has 0 saturated carbocycles. The number of hydrogen-bond acceptors (Lipinski definition) is 4. The number of nitrogens with one attached hydrogen (secondary N) is 1. The van der Waals surface area contributed by atoms with Gasteiger partial charge >= 0.3 is 0 Å². The van der Waals surface area contributed by atoms with E-state index < -0.39 is 0 Å². The van der Waals surface area contributed by atoms with Crippen LogP contribution in [0.25, 0.3) is 0 Å². The minimum atomic E-state index is -0.367. The SMILES string of the molecule is CC(=O)N(CC(=O)Nc1ccc(Cl)c(Cl)c1)c1ccc2c(c1)OCCO2. The average Bonchev–Trinajstić information content (AvgIpc) is 2.62. The van der Waals surface area contributed by atoms with Crippen molar-refractivity contribution in [1.29, 1.82) is 0 Å². The van der Waals surface area contributed by atoms with Crippen molar-refractivity contribution in [3.63, 3.8) is 0 Å². The number of halogens is 2. The third-order valence-corrected chi connectivity index (χ3v) is 4.46. The van der Waals surface area contributed by atoms with E-state index in [1.807, 2.05) is 0 Å². The summed E-state index contributed by atoms with van der Waals surface area (Å²) in [5.41, 5.74) is 1.04. The average molecular weight is 395 g/mol. The number of ether oxygens (including phenoxy) is 2. The molecule has 26 heavy (non-hydrogen) atoms. The first-order chi connectivity index (χ1) is 12.4. The molecule has 1 aliphatic rings. The molecule has 3 rings (SSSR count). The van der Waals surface area contributed by atoms with E-state index in [0.717, 1.165) is 0 Å². The third-order valence-electron chi connectivity index (χ3n) is 3.72. The first-order valence-corrected chi connectivity index (χ1v) is 8.62. The van der Waals surface area contributed by atoms with Crippen LogP contribution in [0, 0.1) is 0 Å². The van der Waals surface area contributed by atoms with Crippen LogP contribution in [0.1, 0.15) is 6.92 Å². The van der Waals surface area contributed by atoms with E-state index >= 15 is 0 Å². The lowest BCUT2D eigenvalue weighted by Gasteiger charge is -2.24. The molecule has 0 aromatic heterocycles. The van der Waals surface area contributed by atoms with E-state index in [4.69, 9.17) is 32.7 Å². The molecule has 6 nitrogen and oxygen atoms in total. The Labute approximate surface area is 160 Å². The van der Waals surface area contributed by atoms with E-state index in [1.165, 1.54) is 11.8 Å². The van der Waals surface area contributed by atoms with Crippen molar-refractivity contribution >= 4 is 46.4 Å². The normalized spacial score (nSPS) is 12.4. The Bertz CT molecular complexity index is 857. The fourth-order valence-corrected chi connectivity index (χ4v) is 2.80. The molecule has 0 saturated heterocycles. The molecule has 0 radical (unpaired) electrons. The van der Waals surface area contributed by atoms with Crippen LogP contribution in [-0.2, 0) is 9.59 Å². The van der Waals surface area contributed by atoms with Crippen LogP contribution in [0.5, 0.6) is 11.5 Å². The highest BCUT2D eigenvalue weighted by atomic mass is 35.5. The first kappa shape index (κ1) is 18.4. The summed E-state index contributed by atoms with van der Waals surface area (Å²) in [7, 11) is 0. The molecule has 2 aromatic carbocycles. The molecule has 0 spiro atoms. The second kappa shape index (κ2) is 7.85. The van der Waals surface area contributed by atoms with Gasteiger partial charge in [-0.1, -0.05) is 23.2 Å². The predicted octanol–water partition coefficient (Wildman–Crippen LogP) is 3.76. The molecule has 0 bridgehead atoms. The van der Waals surface area contributed by atoms with Gasteiger partial charge < -0.3 is 19.7 Å². The molecule has 0 fully saturated rings. The summed E-state index contributed by atoms with van der Waals surface area (Å²) in [5, 5.41) is 3.42. The van der Waals surface area contributed by atoms with Crippen LogP contribution in [0.4, 0.5) is 11.4 Å². The molecule has 1 heterocycles. The first-order valence-electron chi connectivity index (χ1n) is 7.86. The summed E-state index contributed by atoms with van der Waals surface area (Å²) >= 11 is 11.8. The summed E-state index contributed by atoms with van der Waals surface area (Å²) in [4.78, 5) is 25.7. The van der Waals surface area contributed by atoms with Crippen molar-refractivity contribution < 1.29 is 19.1 Å². The van der Waals surface area contributed by atoms with E-state index in [1.54, 1.807) is 36.4 Å². The standard InChI is InChI=1S/C18H16Cl2N2O4/c1-11(23)22(13-3-5-16-17(9-13)26-7-6-25-16)10-18(24)21-12-2-4-14(19)15(20)8-12/h2-5,8-9H,6-7,10H2,1H3,(H,21,24). The summed E-state index contributed by atoms with van der Waals surface area (Å²) < 4.78 is 11.0. The number of amides is 2. The molecular formula is C18H16Cl2N2O4. The van der Waals surface area contributed by atoms with Gasteiger partial charge in [-0.2, -0.15) is 0 Å². The smallest absolute Gasteiger partial charge is 0.244 e. The van der Waals surface area contributed by atoms with Crippen molar-refractivity contribution in [2.24, 2.45) is 0 Å². The highest BCUT2D eigenvalue weighted by molar-refractivity contribution is 6.42. The summed E-state index contributed by atoms with van der Waals surface area (Å²) in [6, 6.07) is 9.88. The van der Waals surface area contributed by atoms with Crippen LogP contribution in [0.3, 0.4) is 0 Å². The number of carbonyl (C=O) groups excluding carboxylic acids is 2. The van der Waals surface area contributed by atoms with Crippen molar-refractivity contribution in [2.45, 2.75) is 6.92 Å². The van der Waals surface area contributed by atoms with Gasteiger partial charge in [0.2, 0.25) is 11.8 Å². The second-order valence-electron chi connectivity index (χ2n) is 5.61. The molecule has 0 atom stereocenters. The number of benzene rings is 2. The molecule has 1 N–H and O–H groups in total. The van der Waals surface area contributed by atoms with E-state index in [9.17, 15) is 9.59 Å². The number of anilines is 2. The highest BCUT2D eigenvalue weighted by Crippen LogP contribution is 2.34. The van der Waals surface area contributed by atoms with Gasteiger partial charge in [0.05, 0.1) is 10.0 Å². The Kier molecular flexibility index (Phi) is 5.54. The van der Waals surface area contributed by atoms with Crippen molar-refractivity contribution in [2.75, 3.05) is 30.0 Å². The van der Waals surface area contributed by atoms with Crippen LogP contribution in [-0.4, -0.2) is 31.6 Å². The Morgan fingerprint density at radius 3 is 2.46 bits per heavy atom. The molecule has 2 amide bonds. The number of carbonyl (C=O) groups is 2. The van der Waals surface area contributed by atoms with Gasteiger partial charge in [-0.3, -0.25) is 9.59 Å². The monoisotopic (exact) mass is 394 g/mol. The molecule has 0 unspecified atom stereocenters. The minimum absolute atomic E-state index is 0.158. The van der Waals surface area contributed by atoms with Crippen LogP contribution < -0.4 is 19.7 Å². The molecule has 2 aromatic rings. The van der Waals surface area contributed by atoms with Crippen molar-refractivity contribution in [3.8, 4) is 11.5 Å². The van der Waals surface area contributed by atoms with E-state index in [0.29, 0.717) is 46.1 Å². The van der Waals surface area contributed by atoms with Gasteiger partial charge in [0.1, 0.15) is 19.8 Å². The Hall–Kier alpha value is -2.44. The van der Waals surface area contributed by atoms with Crippen molar-refractivity contribution in [3.05, 3.63) is 46.4 Å². The lowest BCUT2D eigenvalue weighted by atomic mass is 10.2. The summed E-state index contributed by atoms with van der Waals surface area (Å²) in [6.07, 6.45) is 0. The maximum absolute atomic E-state index is 12.3. The van der Waals surface area contributed by atoms with Gasteiger partial charge in [0.25, 0.3) is 0 Å². The van der Waals surface area contributed by atoms with Crippen LogP contribution >= 0.6 is 23.2 Å². The van der Waals surface area contributed by atoms with Crippen molar-refractivity contribution in [1.82, 2.24) is 0 Å². The quantitative estimate of drug-likeness (QED) is 0.856. The Balaban J connectivity index is 1.75. The minimum Gasteiger partial charge on any atom is -0.486 e. The number of hydrogen-bond donors (Lipinski definition) is 1. The summed E-state index contributed by atoms with van der Waals surface area (Å²) in [6.45, 7) is 2.15. The zero-order valence-electron chi connectivity index (χ0n) is 13.9. The fraction of sp³-hybridized carbons (Fsp3) is 0.222. The third kappa shape index (κ3) is 4.20. The second-order valence-corrected chi connectivity index (χ2v) is 6.42. The van der Waals surface area contributed by atoms with Gasteiger partial charge in [-0.25, -0.2) is 0 Å². The zero-order valence-corrected chi connectivity index (χ0v) is 15.4. The lowest BCUT2D eigenvalue weighted by Crippen LogP contribution is -2.36. The van der Waals surface area contributed by atoms with Gasteiger partial charge in [0, 0.05) is 24.4 Å². The van der Waals surface area contributed by atoms with Crippen LogP contribution in [0.2, 0.25) is 10.0 Å². The van der Waals surface area contributed by atoms with Gasteiger partial charge in [-0.05, 0) is 30.3 Å². The Morgan fingerprint density at radius 2 is 1.77 bits per heavy atom. The fourth-order valence-electron chi connectivity index (χ4n) is 2.50. The molecular weight excluding hydrogens is 379 g/mol. The topological polar surface area (TPSA) is 67.9 Å². The van der Waals surface area contributed by atoms with E-state index in [-0.39, 0.29) is 18.4 Å². The van der Waals surface area contributed by atoms with Crippen LogP contribution in [0.15, 0.2) is 36.4 Å². The maximum Gasteiger partial charge on any atom is 0.244 e.